The van der Waals surface area contributed by atoms with Crippen LogP contribution in [-0.2, 0) is 17.8 Å². The summed E-state index contributed by atoms with van der Waals surface area (Å²) in [5, 5.41) is 3.32. The lowest BCUT2D eigenvalue weighted by Crippen LogP contribution is -2.25. The highest BCUT2D eigenvalue weighted by Crippen LogP contribution is 2.37. The van der Waals surface area contributed by atoms with E-state index in [0.717, 1.165) is 24.4 Å². The van der Waals surface area contributed by atoms with Crippen LogP contribution in [0.5, 0.6) is 0 Å². The number of aryl methyl sites for hydroxylation is 1. The Kier molecular flexibility index (Phi) is 6.29. The summed E-state index contributed by atoms with van der Waals surface area (Å²) in [5.74, 6) is -2.65. The summed E-state index contributed by atoms with van der Waals surface area (Å²) in [5.41, 5.74) is -3.31. The van der Waals surface area contributed by atoms with E-state index in [1.54, 1.807) is 13.0 Å². The number of hydrogen-bond acceptors (Lipinski definition) is 4. The topological polar surface area (TPSA) is 56.5 Å². The number of halogens is 8. The quantitative estimate of drug-likeness (QED) is 0.220. The molecule has 0 radical (unpaired) electrons. The minimum atomic E-state index is -4.85. The zero-order valence-electron chi connectivity index (χ0n) is 19.4. The molecule has 0 N–H and O–H groups in total. The van der Waals surface area contributed by atoms with Gasteiger partial charge in [-0.05, 0) is 68.8 Å². The van der Waals surface area contributed by atoms with Gasteiger partial charge in [0.05, 0.1) is 28.2 Å². The van der Waals surface area contributed by atoms with Crippen LogP contribution in [0.3, 0.4) is 0 Å². The molecule has 0 fully saturated rings. The van der Waals surface area contributed by atoms with Crippen LogP contribution in [0.4, 0.5) is 35.1 Å². The number of alkyl halides is 6. The molecule has 0 spiro atoms. The average Bonchev–Trinajstić information content (AvgIpc) is 3.29. The van der Waals surface area contributed by atoms with Gasteiger partial charge in [-0.2, -0.15) is 45.2 Å². The molecule has 0 bridgehead atoms. The number of aromatic nitrogens is 5. The molecule has 4 aromatic rings. The zero-order chi connectivity index (χ0) is 27.3. The molecular formula is C24H17F8N5. The van der Waals surface area contributed by atoms with Gasteiger partial charge < -0.3 is 0 Å². The Morgan fingerprint density at radius 3 is 2.00 bits per heavy atom. The highest BCUT2D eigenvalue weighted by atomic mass is 19.4. The van der Waals surface area contributed by atoms with Crippen molar-refractivity contribution in [2.45, 2.75) is 38.5 Å². The highest BCUT2D eigenvalue weighted by molar-refractivity contribution is 5.60. The average molecular weight is 527 g/mol. The Bertz CT molecular complexity index is 1470. The van der Waals surface area contributed by atoms with Crippen molar-refractivity contribution >= 4 is 0 Å². The van der Waals surface area contributed by atoms with Crippen molar-refractivity contribution in [3.63, 3.8) is 0 Å². The van der Waals surface area contributed by atoms with Gasteiger partial charge in [0.2, 0.25) is 11.9 Å². The fourth-order valence-electron chi connectivity index (χ4n) is 3.58. The lowest BCUT2D eigenvalue weighted by Gasteiger charge is -2.26. The van der Waals surface area contributed by atoms with Crippen molar-refractivity contribution in [2.24, 2.45) is 0 Å². The fourth-order valence-corrected chi connectivity index (χ4v) is 3.58. The second-order valence-electron chi connectivity index (χ2n) is 8.75. The molecule has 0 aromatic carbocycles. The summed E-state index contributed by atoms with van der Waals surface area (Å²) in [7, 11) is 0. The van der Waals surface area contributed by atoms with Gasteiger partial charge in [0.15, 0.2) is 11.5 Å². The molecule has 5 nitrogen and oxygen atoms in total. The van der Waals surface area contributed by atoms with Crippen LogP contribution < -0.4 is 0 Å². The van der Waals surface area contributed by atoms with Gasteiger partial charge in [-0.25, -0.2) is 9.67 Å². The van der Waals surface area contributed by atoms with E-state index in [0.29, 0.717) is 22.4 Å². The van der Waals surface area contributed by atoms with Crippen LogP contribution >= 0.6 is 0 Å². The normalized spacial score (nSPS) is 12.7. The van der Waals surface area contributed by atoms with Gasteiger partial charge in [0.1, 0.15) is 0 Å². The molecule has 4 rings (SSSR count). The third-order valence-electron chi connectivity index (χ3n) is 5.59. The lowest BCUT2D eigenvalue weighted by atomic mass is 9.83. The second kappa shape index (κ2) is 8.89. The minimum absolute atomic E-state index is 0.0576. The van der Waals surface area contributed by atoms with E-state index >= 15 is 0 Å². The molecule has 0 aliphatic heterocycles. The van der Waals surface area contributed by atoms with E-state index in [2.05, 4.69) is 20.1 Å². The predicted octanol–water partition coefficient (Wildman–Crippen LogP) is 6.67. The molecule has 0 unspecified atom stereocenters. The van der Waals surface area contributed by atoms with E-state index < -0.39 is 46.7 Å². The molecule has 194 valence electrons. The monoisotopic (exact) mass is 527 g/mol. The third kappa shape index (κ3) is 5.30. The fraction of sp³-hybridized carbons (Fsp3) is 0.250. The minimum Gasteiger partial charge on any atom is -0.252 e. The molecular weight excluding hydrogens is 510 g/mol. The van der Waals surface area contributed by atoms with Crippen molar-refractivity contribution < 1.29 is 35.1 Å². The van der Waals surface area contributed by atoms with Crippen molar-refractivity contribution in [2.75, 3.05) is 0 Å². The SMILES string of the molecule is Cc1cc(-c2ccc(F)nc2F)nc(C(C)(C)c2cc(C(F)(F)F)cc(-n3ccc(C(F)(F)F)n3)n2)c1. The summed E-state index contributed by atoms with van der Waals surface area (Å²) in [6.07, 6.45) is -8.80. The van der Waals surface area contributed by atoms with Crippen molar-refractivity contribution in [1.82, 2.24) is 24.7 Å². The Labute approximate surface area is 204 Å². The molecule has 0 saturated carbocycles. The molecule has 0 saturated heterocycles. The van der Waals surface area contributed by atoms with Gasteiger partial charge >= 0.3 is 12.4 Å². The maximum absolute atomic E-state index is 14.3. The first kappa shape index (κ1) is 26.2. The Morgan fingerprint density at radius 2 is 1.41 bits per heavy atom. The summed E-state index contributed by atoms with van der Waals surface area (Å²) < 4.78 is 108. The number of nitrogens with zero attached hydrogens (tertiary/aromatic N) is 5. The number of hydrogen-bond donors (Lipinski definition) is 0. The van der Waals surface area contributed by atoms with E-state index in [1.165, 1.54) is 19.9 Å². The largest absolute Gasteiger partial charge is 0.435 e. The van der Waals surface area contributed by atoms with Crippen LogP contribution in [0, 0.1) is 18.8 Å². The Morgan fingerprint density at radius 1 is 0.730 bits per heavy atom. The molecule has 37 heavy (non-hydrogen) atoms. The second-order valence-corrected chi connectivity index (χ2v) is 8.75. The lowest BCUT2D eigenvalue weighted by molar-refractivity contribution is -0.141. The molecule has 4 aromatic heterocycles. The van der Waals surface area contributed by atoms with Crippen molar-refractivity contribution in [1.29, 1.82) is 0 Å². The summed E-state index contributed by atoms with van der Waals surface area (Å²) in [6, 6.07) is 7.08. The van der Waals surface area contributed by atoms with Gasteiger partial charge in [-0.3, -0.25) is 4.98 Å². The molecule has 0 amide bonds. The summed E-state index contributed by atoms with van der Waals surface area (Å²) >= 11 is 0. The first-order valence-electron chi connectivity index (χ1n) is 10.6. The van der Waals surface area contributed by atoms with E-state index in [1.807, 2.05) is 0 Å². The molecule has 0 atom stereocenters. The number of pyridine rings is 3. The first-order valence-corrected chi connectivity index (χ1v) is 10.6. The van der Waals surface area contributed by atoms with E-state index in [9.17, 15) is 35.1 Å². The standard InChI is InChI=1S/C24H17F8N5/c1-12-8-15(14-4-5-19(25)35-21(14)26)33-17(9-12)22(2,3)18-10-13(23(27,28)29)11-20(34-18)37-7-6-16(36-37)24(30,31)32/h4-11H,1-3H3. The first-order chi connectivity index (χ1) is 17.1. The highest BCUT2D eigenvalue weighted by Gasteiger charge is 2.37. The maximum atomic E-state index is 14.3. The molecule has 4 heterocycles. The molecule has 0 aliphatic carbocycles. The van der Waals surface area contributed by atoms with E-state index in [4.69, 9.17) is 0 Å². The van der Waals surface area contributed by atoms with Crippen molar-refractivity contribution in [3.8, 4) is 17.1 Å². The van der Waals surface area contributed by atoms with Crippen LogP contribution in [0.2, 0.25) is 0 Å². The van der Waals surface area contributed by atoms with Crippen LogP contribution in [0.15, 0.2) is 48.7 Å². The van der Waals surface area contributed by atoms with E-state index in [-0.39, 0.29) is 22.6 Å². The summed E-state index contributed by atoms with van der Waals surface area (Å²) in [4.78, 5) is 11.7. The molecule has 0 aliphatic rings. The van der Waals surface area contributed by atoms with Gasteiger partial charge in [-0.15, -0.1) is 0 Å². The van der Waals surface area contributed by atoms with Crippen molar-refractivity contribution in [3.05, 3.63) is 88.8 Å². The zero-order valence-corrected chi connectivity index (χ0v) is 19.4. The van der Waals surface area contributed by atoms with Gasteiger partial charge in [0.25, 0.3) is 0 Å². The van der Waals surface area contributed by atoms with Gasteiger partial charge in [0, 0.05) is 11.6 Å². The number of rotatable bonds is 4. The van der Waals surface area contributed by atoms with Gasteiger partial charge in [-0.1, -0.05) is 0 Å². The van der Waals surface area contributed by atoms with Crippen LogP contribution in [-0.4, -0.2) is 24.7 Å². The molecule has 13 heteroatoms. The van der Waals surface area contributed by atoms with Crippen LogP contribution in [0.25, 0.3) is 17.1 Å². The Hall–Kier alpha value is -3.90. The maximum Gasteiger partial charge on any atom is 0.435 e. The smallest absolute Gasteiger partial charge is 0.252 e. The summed E-state index contributed by atoms with van der Waals surface area (Å²) in [6.45, 7) is 4.66. The third-order valence-corrected chi connectivity index (χ3v) is 5.59. The Balaban J connectivity index is 1.87. The predicted molar refractivity (Wildman–Crippen MR) is 116 cm³/mol. The van der Waals surface area contributed by atoms with Crippen LogP contribution in [0.1, 0.15) is 42.1 Å².